The summed E-state index contributed by atoms with van der Waals surface area (Å²) in [4.78, 5) is 58.1. The number of rotatable bonds is 6. The average Bonchev–Trinajstić information content (AvgIpc) is 3.41. The number of carbonyl (C=O) groups excluding carboxylic acids is 3. The van der Waals surface area contributed by atoms with Crippen LogP contribution in [0, 0.1) is 19.8 Å². The Morgan fingerprint density at radius 3 is 2.26 bits per heavy atom. The van der Waals surface area contributed by atoms with Gasteiger partial charge in [-0.15, -0.1) is 0 Å². The molecule has 1 aromatic heterocycles. The van der Waals surface area contributed by atoms with E-state index in [1.165, 1.54) is 21.2 Å². The molecule has 3 atom stereocenters. The number of hydrogen-bond donors (Lipinski definition) is 1. The first-order chi connectivity index (χ1) is 20.1. The maximum atomic E-state index is 14.0. The number of amides is 3. The van der Waals surface area contributed by atoms with Gasteiger partial charge < -0.3 is 10.2 Å². The molecule has 0 unspecified atom stereocenters. The summed E-state index contributed by atoms with van der Waals surface area (Å²) in [6, 6.07) is 22.6. The van der Waals surface area contributed by atoms with Crippen molar-refractivity contribution in [3.63, 3.8) is 0 Å². The number of para-hydroxylation sites is 1. The largest absolute Gasteiger partial charge is 0.378 e. The molecule has 214 valence electrons. The Balaban J connectivity index is 1.42. The Labute approximate surface area is 252 Å². The van der Waals surface area contributed by atoms with Crippen LogP contribution in [0.25, 0.3) is 0 Å². The van der Waals surface area contributed by atoms with Gasteiger partial charge in [0.25, 0.3) is 0 Å². The Hall–Kier alpha value is -4.15. The SMILES string of the molecule is Cc1ccc(N2C(=O)[C@H]3[C@H](c4ccc(N(C)C)cc4)c4sc(=O)n(CC(=O)Nc5ccccc5C)c4S[C@H]3C2=O)cc1. The molecule has 3 heterocycles. The molecule has 6 rings (SSSR count). The molecule has 1 fully saturated rings. The molecule has 0 aliphatic carbocycles. The van der Waals surface area contributed by atoms with E-state index in [0.29, 0.717) is 21.3 Å². The minimum atomic E-state index is -0.732. The first-order valence-corrected chi connectivity index (χ1v) is 15.3. The highest BCUT2D eigenvalue weighted by atomic mass is 32.2. The molecule has 1 N–H and O–H groups in total. The number of fused-ring (bicyclic) bond motifs is 2. The summed E-state index contributed by atoms with van der Waals surface area (Å²) in [5.41, 5.74) is 4.99. The van der Waals surface area contributed by atoms with Crippen LogP contribution in [0.4, 0.5) is 17.1 Å². The molecule has 0 bridgehead atoms. The van der Waals surface area contributed by atoms with Gasteiger partial charge >= 0.3 is 4.87 Å². The lowest BCUT2D eigenvalue weighted by Crippen LogP contribution is -2.33. The number of carbonyl (C=O) groups is 3. The first kappa shape index (κ1) is 28.0. The summed E-state index contributed by atoms with van der Waals surface area (Å²) in [5.74, 6) is -2.12. The highest BCUT2D eigenvalue weighted by Crippen LogP contribution is 2.54. The number of benzene rings is 3. The molecule has 8 nitrogen and oxygen atoms in total. The van der Waals surface area contributed by atoms with Crippen molar-refractivity contribution in [2.24, 2.45) is 5.92 Å². The van der Waals surface area contributed by atoms with Gasteiger partial charge in [-0.1, -0.05) is 71.1 Å². The standard InChI is InChI=1S/C32H30N4O4S2/c1-18-9-13-22(14-10-18)36-29(38)26-25(20-11-15-21(16-12-20)34(3)4)28-31(41-27(26)30(36)39)35(32(40)42-28)17-24(37)33-23-8-6-5-7-19(23)2/h5-16,25-27H,17H2,1-4H3,(H,33,37)/t25-,26-,27+/m0/s1. The minimum Gasteiger partial charge on any atom is -0.378 e. The third-order valence-electron chi connectivity index (χ3n) is 7.83. The predicted octanol–water partition coefficient (Wildman–Crippen LogP) is 5.03. The van der Waals surface area contributed by atoms with Gasteiger partial charge in [-0.3, -0.25) is 23.7 Å². The quantitative estimate of drug-likeness (QED) is 0.313. The molecule has 4 aromatic rings. The zero-order valence-electron chi connectivity index (χ0n) is 23.7. The van der Waals surface area contributed by atoms with Gasteiger partial charge in [-0.25, -0.2) is 4.90 Å². The van der Waals surface area contributed by atoms with Gasteiger partial charge in [-0.2, -0.15) is 0 Å². The van der Waals surface area contributed by atoms with E-state index < -0.39 is 17.1 Å². The van der Waals surface area contributed by atoms with Crippen molar-refractivity contribution in [2.45, 2.75) is 36.6 Å². The second-order valence-corrected chi connectivity index (χ2v) is 13.0. The van der Waals surface area contributed by atoms with Crippen LogP contribution < -0.4 is 20.0 Å². The molecular weight excluding hydrogens is 569 g/mol. The summed E-state index contributed by atoms with van der Waals surface area (Å²) in [7, 11) is 3.90. The molecule has 3 amide bonds. The number of hydrogen-bond acceptors (Lipinski definition) is 7. The summed E-state index contributed by atoms with van der Waals surface area (Å²) in [6.45, 7) is 3.66. The molecule has 10 heteroatoms. The molecule has 1 saturated heterocycles. The lowest BCUT2D eigenvalue weighted by molar-refractivity contribution is -0.122. The Morgan fingerprint density at radius 1 is 0.905 bits per heavy atom. The van der Waals surface area contributed by atoms with Gasteiger partial charge in [0.05, 0.1) is 16.6 Å². The van der Waals surface area contributed by atoms with Crippen LogP contribution in [0.3, 0.4) is 0 Å². The van der Waals surface area contributed by atoms with Gasteiger partial charge in [0.15, 0.2) is 0 Å². The van der Waals surface area contributed by atoms with E-state index in [2.05, 4.69) is 5.32 Å². The maximum absolute atomic E-state index is 14.0. The molecule has 0 radical (unpaired) electrons. The van der Waals surface area contributed by atoms with Gasteiger partial charge in [-0.05, 0) is 55.3 Å². The maximum Gasteiger partial charge on any atom is 0.308 e. The van der Waals surface area contributed by atoms with E-state index in [1.807, 2.05) is 93.5 Å². The Morgan fingerprint density at radius 2 is 1.60 bits per heavy atom. The fourth-order valence-electron chi connectivity index (χ4n) is 5.59. The third kappa shape index (κ3) is 4.84. The Bertz CT molecular complexity index is 1760. The highest BCUT2D eigenvalue weighted by Gasteiger charge is 2.56. The van der Waals surface area contributed by atoms with Crippen molar-refractivity contribution < 1.29 is 14.4 Å². The lowest BCUT2D eigenvalue weighted by atomic mass is 9.83. The van der Waals surface area contributed by atoms with Gasteiger partial charge in [0.2, 0.25) is 17.7 Å². The highest BCUT2D eigenvalue weighted by molar-refractivity contribution is 8.00. The van der Waals surface area contributed by atoms with Crippen LogP contribution in [-0.2, 0) is 20.9 Å². The van der Waals surface area contributed by atoms with E-state index in [0.717, 1.165) is 33.7 Å². The number of aryl methyl sites for hydroxylation is 2. The summed E-state index contributed by atoms with van der Waals surface area (Å²) < 4.78 is 1.45. The molecule has 0 saturated carbocycles. The fourth-order valence-corrected chi connectivity index (χ4v) is 8.36. The zero-order valence-corrected chi connectivity index (χ0v) is 25.3. The number of anilines is 3. The van der Waals surface area contributed by atoms with Crippen molar-refractivity contribution in [1.82, 2.24) is 4.57 Å². The smallest absolute Gasteiger partial charge is 0.308 e. The second kappa shape index (κ2) is 10.9. The summed E-state index contributed by atoms with van der Waals surface area (Å²) in [5, 5.41) is 2.74. The number of nitrogens with one attached hydrogen (secondary N) is 1. The number of nitrogens with zero attached hydrogens (tertiary/aromatic N) is 3. The van der Waals surface area contributed by atoms with Crippen molar-refractivity contribution in [2.75, 3.05) is 29.2 Å². The minimum absolute atomic E-state index is 0.195. The number of imide groups is 1. The molecule has 2 aliphatic heterocycles. The van der Waals surface area contributed by atoms with Gasteiger partial charge in [0.1, 0.15) is 11.8 Å². The number of thioether (sulfide) groups is 1. The normalized spacial score (nSPS) is 19.4. The number of aromatic nitrogens is 1. The predicted molar refractivity (Wildman–Crippen MR) is 168 cm³/mol. The fraction of sp³-hybridized carbons (Fsp3) is 0.250. The molecular formula is C32H30N4O4S2. The van der Waals surface area contributed by atoms with Crippen LogP contribution in [0.15, 0.2) is 82.6 Å². The Kier molecular flexibility index (Phi) is 7.28. The van der Waals surface area contributed by atoms with Gasteiger partial charge in [0, 0.05) is 36.3 Å². The number of thiazole rings is 1. The van der Waals surface area contributed by atoms with Crippen molar-refractivity contribution in [3.8, 4) is 0 Å². The average molecular weight is 599 g/mol. The molecule has 2 aliphatic rings. The van der Waals surface area contributed by atoms with Crippen LogP contribution in [0.5, 0.6) is 0 Å². The summed E-state index contributed by atoms with van der Waals surface area (Å²) in [6.07, 6.45) is 0. The van der Waals surface area contributed by atoms with Crippen molar-refractivity contribution >= 4 is 57.9 Å². The topological polar surface area (TPSA) is 91.7 Å². The van der Waals surface area contributed by atoms with Crippen LogP contribution in [0.1, 0.15) is 27.5 Å². The molecule has 42 heavy (non-hydrogen) atoms. The van der Waals surface area contributed by atoms with Crippen molar-refractivity contribution in [3.05, 3.63) is 104 Å². The third-order valence-corrected chi connectivity index (χ3v) is 10.4. The van der Waals surface area contributed by atoms with Crippen LogP contribution in [0.2, 0.25) is 0 Å². The zero-order chi connectivity index (χ0) is 29.7. The van der Waals surface area contributed by atoms with E-state index in [4.69, 9.17) is 0 Å². The van der Waals surface area contributed by atoms with E-state index in [-0.39, 0.29) is 29.1 Å². The lowest BCUT2D eigenvalue weighted by Gasteiger charge is -2.31. The van der Waals surface area contributed by atoms with Crippen LogP contribution in [-0.4, -0.2) is 41.6 Å². The van der Waals surface area contributed by atoms with Crippen LogP contribution >= 0.6 is 23.1 Å². The molecule has 3 aromatic carbocycles. The second-order valence-electron chi connectivity index (χ2n) is 10.9. The van der Waals surface area contributed by atoms with E-state index in [9.17, 15) is 19.2 Å². The molecule has 0 spiro atoms. The van der Waals surface area contributed by atoms with E-state index >= 15 is 0 Å². The summed E-state index contributed by atoms with van der Waals surface area (Å²) >= 11 is 2.27. The van der Waals surface area contributed by atoms with Crippen molar-refractivity contribution in [1.29, 1.82) is 0 Å². The monoisotopic (exact) mass is 598 g/mol. The first-order valence-electron chi connectivity index (χ1n) is 13.6. The van der Waals surface area contributed by atoms with E-state index in [1.54, 1.807) is 12.1 Å².